The van der Waals surface area contributed by atoms with Crippen molar-refractivity contribution in [3.05, 3.63) is 82.0 Å². The van der Waals surface area contributed by atoms with Gasteiger partial charge in [0.2, 0.25) is 5.91 Å². The van der Waals surface area contributed by atoms with Gasteiger partial charge < -0.3 is 10.1 Å². The van der Waals surface area contributed by atoms with Gasteiger partial charge in [-0.05, 0) is 48.2 Å². The Bertz CT molecular complexity index is 1250. The van der Waals surface area contributed by atoms with E-state index in [9.17, 15) is 9.59 Å². The minimum Gasteiger partial charge on any atom is -0.497 e. The topological polar surface area (TPSA) is 73.2 Å². The maximum absolute atomic E-state index is 13.1. The SMILES string of the molecule is COc1ccc(CNC(=O)[C@@H](C)Sc2nc3sccc3c(=O)n2-c2ccccc2)cc1. The lowest BCUT2D eigenvalue weighted by Gasteiger charge is -2.16. The number of benzene rings is 2. The van der Waals surface area contributed by atoms with E-state index in [0.717, 1.165) is 17.0 Å². The lowest BCUT2D eigenvalue weighted by molar-refractivity contribution is -0.120. The van der Waals surface area contributed by atoms with Gasteiger partial charge in [-0.15, -0.1) is 11.3 Å². The third-order valence-corrected chi connectivity index (χ3v) is 6.62. The molecule has 0 unspecified atom stereocenters. The second-order valence-corrected chi connectivity index (χ2v) is 9.04. The molecule has 1 N–H and O–H groups in total. The molecular formula is C23H21N3O3S2. The molecular weight excluding hydrogens is 430 g/mol. The van der Waals surface area contributed by atoms with E-state index >= 15 is 0 Å². The molecule has 0 bridgehead atoms. The molecule has 4 rings (SSSR count). The summed E-state index contributed by atoms with van der Waals surface area (Å²) < 4.78 is 6.73. The predicted octanol–water partition coefficient (Wildman–Crippen LogP) is 4.25. The molecule has 2 aromatic heterocycles. The zero-order valence-corrected chi connectivity index (χ0v) is 18.7. The van der Waals surface area contributed by atoms with E-state index in [2.05, 4.69) is 10.3 Å². The number of thioether (sulfide) groups is 1. The van der Waals surface area contributed by atoms with E-state index < -0.39 is 5.25 Å². The van der Waals surface area contributed by atoms with Crippen molar-refractivity contribution < 1.29 is 9.53 Å². The Kier molecular flexibility index (Phi) is 6.39. The molecule has 2 aromatic carbocycles. The van der Waals surface area contributed by atoms with Gasteiger partial charge in [0.25, 0.3) is 5.56 Å². The second-order valence-electron chi connectivity index (χ2n) is 6.84. The third kappa shape index (κ3) is 4.65. The Hall–Kier alpha value is -3.10. The summed E-state index contributed by atoms with van der Waals surface area (Å²) >= 11 is 2.69. The van der Waals surface area contributed by atoms with Crippen LogP contribution < -0.4 is 15.6 Å². The van der Waals surface area contributed by atoms with Crippen molar-refractivity contribution >= 4 is 39.2 Å². The van der Waals surface area contributed by atoms with E-state index in [1.54, 1.807) is 17.7 Å². The van der Waals surface area contributed by atoms with Gasteiger partial charge in [-0.1, -0.05) is 42.1 Å². The van der Waals surface area contributed by atoms with Crippen LogP contribution in [0.2, 0.25) is 0 Å². The number of para-hydroxylation sites is 1. The summed E-state index contributed by atoms with van der Waals surface area (Å²) in [6.45, 7) is 2.23. The number of thiophene rings is 1. The quantitative estimate of drug-likeness (QED) is 0.336. The molecule has 0 fully saturated rings. The van der Waals surface area contributed by atoms with Crippen LogP contribution in [-0.4, -0.2) is 27.8 Å². The van der Waals surface area contributed by atoms with Crippen molar-refractivity contribution in [3.63, 3.8) is 0 Å². The van der Waals surface area contributed by atoms with Crippen molar-refractivity contribution in [2.24, 2.45) is 0 Å². The molecule has 4 aromatic rings. The average molecular weight is 452 g/mol. The number of rotatable bonds is 7. The van der Waals surface area contributed by atoms with Crippen LogP contribution in [0.4, 0.5) is 0 Å². The van der Waals surface area contributed by atoms with Gasteiger partial charge in [-0.2, -0.15) is 0 Å². The van der Waals surface area contributed by atoms with Gasteiger partial charge in [0.1, 0.15) is 10.6 Å². The molecule has 1 atom stereocenters. The highest BCUT2D eigenvalue weighted by Gasteiger charge is 2.20. The number of carbonyl (C=O) groups is 1. The van der Waals surface area contributed by atoms with Gasteiger partial charge in [0.05, 0.1) is 23.4 Å². The molecule has 0 aliphatic heterocycles. The van der Waals surface area contributed by atoms with Gasteiger partial charge in [0.15, 0.2) is 5.16 Å². The summed E-state index contributed by atoms with van der Waals surface area (Å²) in [4.78, 5) is 31.2. The zero-order valence-electron chi connectivity index (χ0n) is 17.1. The lowest BCUT2D eigenvalue weighted by atomic mass is 10.2. The van der Waals surface area contributed by atoms with Crippen molar-refractivity contribution in [1.82, 2.24) is 14.9 Å². The summed E-state index contributed by atoms with van der Waals surface area (Å²) in [7, 11) is 1.62. The molecule has 0 saturated heterocycles. The van der Waals surface area contributed by atoms with Crippen LogP contribution >= 0.6 is 23.1 Å². The van der Waals surface area contributed by atoms with Gasteiger partial charge in [-0.25, -0.2) is 4.98 Å². The molecule has 8 heteroatoms. The molecule has 2 heterocycles. The number of fused-ring (bicyclic) bond motifs is 1. The van der Waals surface area contributed by atoms with Gasteiger partial charge in [0, 0.05) is 6.54 Å². The van der Waals surface area contributed by atoms with E-state index in [0.29, 0.717) is 21.9 Å². The van der Waals surface area contributed by atoms with Crippen LogP contribution in [0.15, 0.2) is 76.0 Å². The number of methoxy groups -OCH3 is 1. The molecule has 0 radical (unpaired) electrons. The number of nitrogens with zero attached hydrogens (tertiary/aromatic N) is 2. The molecule has 158 valence electrons. The monoisotopic (exact) mass is 451 g/mol. The van der Waals surface area contributed by atoms with E-state index in [-0.39, 0.29) is 11.5 Å². The van der Waals surface area contributed by atoms with Crippen LogP contribution in [-0.2, 0) is 11.3 Å². The van der Waals surface area contributed by atoms with Gasteiger partial charge >= 0.3 is 0 Å². The summed E-state index contributed by atoms with van der Waals surface area (Å²) in [5.41, 5.74) is 1.57. The molecule has 0 aliphatic carbocycles. The highest BCUT2D eigenvalue weighted by molar-refractivity contribution is 8.00. The molecule has 0 aliphatic rings. The third-order valence-electron chi connectivity index (χ3n) is 4.76. The predicted molar refractivity (Wildman–Crippen MR) is 125 cm³/mol. The first-order chi connectivity index (χ1) is 15.1. The number of hydrogen-bond donors (Lipinski definition) is 1. The fraction of sp³-hybridized carbons (Fsp3) is 0.174. The molecule has 0 saturated carbocycles. The first-order valence-corrected chi connectivity index (χ1v) is 11.5. The van der Waals surface area contributed by atoms with Crippen LogP contribution in [0.1, 0.15) is 12.5 Å². The van der Waals surface area contributed by atoms with Crippen molar-refractivity contribution in [1.29, 1.82) is 0 Å². The van der Waals surface area contributed by atoms with Crippen LogP contribution in [0.5, 0.6) is 5.75 Å². The Labute approximate surface area is 187 Å². The highest BCUT2D eigenvalue weighted by atomic mass is 32.2. The Morgan fingerprint density at radius 1 is 1.16 bits per heavy atom. The molecule has 0 spiro atoms. The fourth-order valence-electron chi connectivity index (χ4n) is 3.07. The number of aromatic nitrogens is 2. The zero-order chi connectivity index (χ0) is 21.8. The number of ether oxygens (including phenoxy) is 1. The highest BCUT2D eigenvalue weighted by Crippen LogP contribution is 2.26. The smallest absolute Gasteiger partial charge is 0.267 e. The number of hydrogen-bond acceptors (Lipinski definition) is 6. The average Bonchev–Trinajstić information content (AvgIpc) is 3.27. The Morgan fingerprint density at radius 3 is 2.61 bits per heavy atom. The normalized spacial score (nSPS) is 11.9. The first kappa shape index (κ1) is 21.1. The first-order valence-electron chi connectivity index (χ1n) is 9.70. The standard InChI is InChI=1S/C23H21N3O3S2/c1-15(20(27)24-14-16-8-10-18(29-2)11-9-16)31-23-25-21-19(12-13-30-21)22(28)26(23)17-6-4-3-5-7-17/h3-13,15H,14H2,1-2H3,(H,24,27)/t15-/m1/s1. The Balaban J connectivity index is 1.55. The number of amides is 1. The summed E-state index contributed by atoms with van der Waals surface area (Å²) in [6.07, 6.45) is 0. The summed E-state index contributed by atoms with van der Waals surface area (Å²) in [5, 5.41) is 5.45. The second kappa shape index (κ2) is 9.36. The largest absolute Gasteiger partial charge is 0.497 e. The van der Waals surface area contributed by atoms with Crippen LogP contribution in [0.25, 0.3) is 15.9 Å². The van der Waals surface area contributed by atoms with E-state index in [1.807, 2.05) is 66.9 Å². The maximum Gasteiger partial charge on any atom is 0.267 e. The maximum atomic E-state index is 13.1. The Morgan fingerprint density at radius 2 is 1.90 bits per heavy atom. The number of carbonyl (C=O) groups excluding carboxylic acids is 1. The van der Waals surface area contributed by atoms with Crippen molar-refractivity contribution in [3.8, 4) is 11.4 Å². The van der Waals surface area contributed by atoms with Crippen LogP contribution in [0, 0.1) is 0 Å². The van der Waals surface area contributed by atoms with E-state index in [1.165, 1.54) is 23.1 Å². The fourth-order valence-corrected chi connectivity index (χ4v) is 4.82. The van der Waals surface area contributed by atoms with Crippen LogP contribution in [0.3, 0.4) is 0 Å². The summed E-state index contributed by atoms with van der Waals surface area (Å²) in [5.74, 6) is 0.647. The minimum absolute atomic E-state index is 0.124. The van der Waals surface area contributed by atoms with Gasteiger partial charge in [-0.3, -0.25) is 14.2 Å². The minimum atomic E-state index is -0.433. The molecule has 31 heavy (non-hydrogen) atoms. The summed E-state index contributed by atoms with van der Waals surface area (Å²) in [6, 6.07) is 18.7. The van der Waals surface area contributed by atoms with Crippen molar-refractivity contribution in [2.45, 2.75) is 23.9 Å². The number of nitrogens with one attached hydrogen (secondary N) is 1. The molecule has 1 amide bonds. The molecule has 6 nitrogen and oxygen atoms in total. The van der Waals surface area contributed by atoms with Crippen molar-refractivity contribution in [2.75, 3.05) is 7.11 Å². The lowest BCUT2D eigenvalue weighted by Crippen LogP contribution is -2.31. The van der Waals surface area contributed by atoms with E-state index in [4.69, 9.17) is 4.74 Å².